The Hall–Kier alpha value is -1.23. The Balaban J connectivity index is 0.00000312. The van der Waals surface area contributed by atoms with E-state index in [4.69, 9.17) is 0 Å². The maximum atomic E-state index is 11.8. The second-order valence-electron chi connectivity index (χ2n) is 5.66. The van der Waals surface area contributed by atoms with Crippen molar-refractivity contribution in [2.75, 3.05) is 19.6 Å². The number of piperidine rings is 1. The summed E-state index contributed by atoms with van der Waals surface area (Å²) in [6.07, 6.45) is 1.59. The van der Waals surface area contributed by atoms with Crippen molar-refractivity contribution < 1.29 is 9.59 Å². The van der Waals surface area contributed by atoms with Crippen molar-refractivity contribution >= 4 is 53.1 Å². The maximum Gasteiger partial charge on any atom is 0.229 e. The van der Waals surface area contributed by atoms with Gasteiger partial charge in [0.1, 0.15) is 5.01 Å². The number of likely N-dealkylation sites (tertiary alicyclic amines) is 1. The fourth-order valence-corrected chi connectivity index (χ4v) is 3.29. The van der Waals surface area contributed by atoms with E-state index in [1.165, 1.54) is 9.78 Å². The molecule has 0 aliphatic carbocycles. The SMILES string of the molecule is CCNC(=NCc1nc(C)c(C)s1)NCCN1C(=O)CCCC1=O.I. The minimum Gasteiger partial charge on any atom is -0.357 e. The molecule has 25 heavy (non-hydrogen) atoms. The molecule has 0 bridgehead atoms. The van der Waals surface area contributed by atoms with E-state index in [0.717, 1.165) is 17.2 Å². The third-order valence-electron chi connectivity index (χ3n) is 3.80. The number of thiazole rings is 1. The van der Waals surface area contributed by atoms with Crippen molar-refractivity contribution in [2.45, 2.75) is 46.6 Å². The molecule has 1 saturated heterocycles. The lowest BCUT2D eigenvalue weighted by Gasteiger charge is -2.25. The summed E-state index contributed by atoms with van der Waals surface area (Å²) >= 11 is 1.65. The maximum absolute atomic E-state index is 11.8. The molecule has 0 saturated carbocycles. The third-order valence-corrected chi connectivity index (χ3v) is 4.86. The number of hydrogen-bond acceptors (Lipinski definition) is 5. The average molecular weight is 479 g/mol. The summed E-state index contributed by atoms with van der Waals surface area (Å²) in [5, 5.41) is 7.31. The molecule has 0 aromatic carbocycles. The van der Waals surface area contributed by atoms with Crippen LogP contribution in [0.3, 0.4) is 0 Å². The molecule has 140 valence electrons. The number of rotatable bonds is 6. The topological polar surface area (TPSA) is 86.7 Å². The van der Waals surface area contributed by atoms with E-state index in [1.54, 1.807) is 11.3 Å². The van der Waals surface area contributed by atoms with Gasteiger partial charge in [0, 0.05) is 37.4 Å². The molecule has 2 N–H and O–H groups in total. The normalized spacial score (nSPS) is 15.2. The summed E-state index contributed by atoms with van der Waals surface area (Å²) in [7, 11) is 0. The van der Waals surface area contributed by atoms with Crippen LogP contribution in [0.2, 0.25) is 0 Å². The van der Waals surface area contributed by atoms with Crippen molar-refractivity contribution in [2.24, 2.45) is 4.99 Å². The highest BCUT2D eigenvalue weighted by Crippen LogP contribution is 2.17. The molecule has 1 fully saturated rings. The highest BCUT2D eigenvalue weighted by atomic mass is 127. The average Bonchev–Trinajstić information content (AvgIpc) is 2.86. The Morgan fingerprint density at radius 2 is 1.92 bits per heavy atom. The summed E-state index contributed by atoms with van der Waals surface area (Å²) in [6.45, 7) is 8.15. The van der Waals surface area contributed by atoms with Crippen LogP contribution in [0, 0.1) is 13.8 Å². The van der Waals surface area contributed by atoms with Crippen LogP contribution >= 0.6 is 35.3 Å². The first-order chi connectivity index (χ1) is 11.5. The molecular formula is C16H26IN5O2S. The number of aromatic nitrogens is 1. The molecule has 2 rings (SSSR count). The zero-order chi connectivity index (χ0) is 17.5. The van der Waals surface area contributed by atoms with Gasteiger partial charge in [-0.15, -0.1) is 35.3 Å². The van der Waals surface area contributed by atoms with E-state index in [1.807, 2.05) is 13.8 Å². The van der Waals surface area contributed by atoms with Crippen molar-refractivity contribution in [1.29, 1.82) is 0 Å². The van der Waals surface area contributed by atoms with E-state index in [9.17, 15) is 9.59 Å². The molecule has 1 aliphatic rings. The van der Waals surface area contributed by atoms with Crippen molar-refractivity contribution in [3.63, 3.8) is 0 Å². The zero-order valence-electron chi connectivity index (χ0n) is 14.9. The third kappa shape index (κ3) is 6.53. The number of imide groups is 1. The number of guanidine groups is 1. The fraction of sp³-hybridized carbons (Fsp3) is 0.625. The van der Waals surface area contributed by atoms with Crippen LogP contribution in [0.25, 0.3) is 0 Å². The van der Waals surface area contributed by atoms with Gasteiger partial charge in [-0.3, -0.25) is 14.5 Å². The number of halogens is 1. The molecule has 0 unspecified atom stereocenters. The second-order valence-corrected chi connectivity index (χ2v) is 6.95. The van der Waals surface area contributed by atoms with Gasteiger partial charge in [0.15, 0.2) is 5.96 Å². The lowest BCUT2D eigenvalue weighted by molar-refractivity contribution is -0.147. The molecule has 7 nitrogen and oxygen atoms in total. The quantitative estimate of drug-likeness (QED) is 0.282. The van der Waals surface area contributed by atoms with E-state index in [2.05, 4.69) is 27.5 Å². The van der Waals surface area contributed by atoms with Gasteiger partial charge in [-0.1, -0.05) is 0 Å². The zero-order valence-corrected chi connectivity index (χ0v) is 18.1. The van der Waals surface area contributed by atoms with Crippen molar-refractivity contribution in [1.82, 2.24) is 20.5 Å². The number of carbonyl (C=O) groups excluding carboxylic acids is 2. The Kier molecular flexibility index (Phi) is 9.33. The van der Waals surface area contributed by atoms with Crippen LogP contribution in [0.5, 0.6) is 0 Å². The van der Waals surface area contributed by atoms with E-state index >= 15 is 0 Å². The Labute approximate surface area is 169 Å². The van der Waals surface area contributed by atoms with Crippen LogP contribution in [0.1, 0.15) is 41.8 Å². The molecule has 9 heteroatoms. The molecule has 2 amide bonds. The summed E-state index contributed by atoms with van der Waals surface area (Å²) in [6, 6.07) is 0. The number of carbonyl (C=O) groups is 2. The number of aryl methyl sites for hydroxylation is 2. The number of amides is 2. The first kappa shape index (κ1) is 21.8. The molecule has 2 heterocycles. The number of nitrogens with zero attached hydrogens (tertiary/aromatic N) is 3. The molecule has 1 aliphatic heterocycles. The van der Waals surface area contributed by atoms with Crippen LogP contribution in [-0.2, 0) is 16.1 Å². The van der Waals surface area contributed by atoms with E-state index < -0.39 is 0 Å². The Morgan fingerprint density at radius 3 is 2.48 bits per heavy atom. The molecule has 1 aromatic rings. The van der Waals surface area contributed by atoms with Gasteiger partial charge in [0.05, 0.1) is 12.2 Å². The highest BCUT2D eigenvalue weighted by molar-refractivity contribution is 14.0. The van der Waals surface area contributed by atoms with Crippen molar-refractivity contribution in [3.05, 3.63) is 15.6 Å². The van der Waals surface area contributed by atoms with Gasteiger partial charge in [-0.05, 0) is 27.2 Å². The van der Waals surface area contributed by atoms with Gasteiger partial charge >= 0.3 is 0 Å². The number of nitrogens with one attached hydrogen (secondary N) is 2. The lowest BCUT2D eigenvalue weighted by atomic mass is 10.1. The van der Waals surface area contributed by atoms with Crippen LogP contribution < -0.4 is 10.6 Å². The van der Waals surface area contributed by atoms with E-state index in [-0.39, 0.29) is 35.8 Å². The summed E-state index contributed by atoms with van der Waals surface area (Å²) in [5.41, 5.74) is 1.05. The van der Waals surface area contributed by atoms with Crippen LogP contribution in [0.4, 0.5) is 0 Å². The number of aliphatic imine (C=N–C) groups is 1. The van der Waals surface area contributed by atoms with Gasteiger partial charge < -0.3 is 10.6 Å². The summed E-state index contributed by atoms with van der Waals surface area (Å²) < 4.78 is 0. The summed E-state index contributed by atoms with van der Waals surface area (Å²) in [5.74, 6) is 0.507. The monoisotopic (exact) mass is 479 g/mol. The van der Waals surface area contributed by atoms with Gasteiger partial charge in [0.2, 0.25) is 11.8 Å². The first-order valence-electron chi connectivity index (χ1n) is 8.29. The predicted molar refractivity (Wildman–Crippen MR) is 110 cm³/mol. The van der Waals surface area contributed by atoms with Crippen LogP contribution in [-0.4, -0.2) is 47.3 Å². The Bertz CT molecular complexity index is 597. The molecule has 1 aromatic heterocycles. The highest BCUT2D eigenvalue weighted by Gasteiger charge is 2.25. The fourth-order valence-electron chi connectivity index (χ4n) is 2.43. The predicted octanol–water partition coefficient (Wildman–Crippen LogP) is 1.97. The molecule has 0 atom stereocenters. The van der Waals surface area contributed by atoms with Gasteiger partial charge in [0.25, 0.3) is 0 Å². The van der Waals surface area contributed by atoms with Crippen molar-refractivity contribution in [3.8, 4) is 0 Å². The Morgan fingerprint density at radius 1 is 1.24 bits per heavy atom. The molecular weight excluding hydrogens is 453 g/mol. The minimum atomic E-state index is -0.0799. The molecule has 0 spiro atoms. The van der Waals surface area contributed by atoms with E-state index in [0.29, 0.717) is 44.9 Å². The smallest absolute Gasteiger partial charge is 0.229 e. The first-order valence-corrected chi connectivity index (χ1v) is 9.11. The molecule has 0 radical (unpaired) electrons. The second kappa shape index (κ2) is 10.7. The van der Waals surface area contributed by atoms with Gasteiger partial charge in [-0.25, -0.2) is 9.98 Å². The summed E-state index contributed by atoms with van der Waals surface area (Å²) in [4.78, 5) is 35.1. The standard InChI is InChI=1S/C16H25N5O2S.HI/c1-4-17-16(19-10-13-20-11(2)12(3)24-13)18-8-9-21-14(22)6-5-7-15(21)23;/h4-10H2,1-3H3,(H2,17,18,19);1H. The number of hydrogen-bond donors (Lipinski definition) is 2. The minimum absolute atomic E-state index is 0. The largest absolute Gasteiger partial charge is 0.357 e. The van der Waals surface area contributed by atoms with Gasteiger partial charge in [-0.2, -0.15) is 0 Å². The van der Waals surface area contributed by atoms with Crippen LogP contribution in [0.15, 0.2) is 4.99 Å². The lowest BCUT2D eigenvalue weighted by Crippen LogP contribution is -2.46.